The summed E-state index contributed by atoms with van der Waals surface area (Å²) in [4.78, 5) is 11.8. The molecule has 7 nitrogen and oxygen atoms in total. The number of ether oxygens (including phenoxy) is 1. The fourth-order valence-electron chi connectivity index (χ4n) is 1.87. The summed E-state index contributed by atoms with van der Waals surface area (Å²) in [6, 6.07) is 0. The smallest absolute Gasteiger partial charge is 0.167 e. The van der Waals surface area contributed by atoms with Crippen molar-refractivity contribution in [1.29, 1.82) is 0 Å². The molecular weight excluding hydrogens is 229 g/mol. The quantitative estimate of drug-likeness (QED) is 0.704. The molecule has 1 saturated heterocycles. The normalized spacial score (nSPS) is 28.9. The maximum absolute atomic E-state index is 13.2. The highest BCUT2D eigenvalue weighted by molar-refractivity contribution is 5.81. The first-order chi connectivity index (χ1) is 8.18. The van der Waals surface area contributed by atoms with Crippen LogP contribution < -0.4 is 5.73 Å². The highest BCUT2D eigenvalue weighted by Crippen LogP contribution is 2.29. The Morgan fingerprint density at radius 1 is 1.47 bits per heavy atom. The monoisotopic (exact) mass is 239 g/mol. The van der Waals surface area contributed by atoms with Crippen LogP contribution in [0.1, 0.15) is 6.23 Å². The molecule has 8 heteroatoms. The van der Waals surface area contributed by atoms with E-state index in [2.05, 4.69) is 15.0 Å². The van der Waals surface area contributed by atoms with Gasteiger partial charge < -0.3 is 15.6 Å². The van der Waals surface area contributed by atoms with Gasteiger partial charge in [-0.25, -0.2) is 19.3 Å². The van der Waals surface area contributed by atoms with Crippen molar-refractivity contribution < 1.29 is 14.2 Å². The van der Waals surface area contributed by atoms with Crippen LogP contribution >= 0.6 is 0 Å². The fourth-order valence-corrected chi connectivity index (χ4v) is 1.87. The molecule has 0 aliphatic carbocycles. The fraction of sp³-hybridized carbons (Fsp3) is 0.444. The molecule has 2 aromatic rings. The first-order valence-corrected chi connectivity index (χ1v) is 5.05. The number of nitrogens with zero attached hydrogens (tertiary/aromatic N) is 4. The third-order valence-electron chi connectivity index (χ3n) is 2.75. The predicted molar refractivity (Wildman–Crippen MR) is 55.6 cm³/mol. The van der Waals surface area contributed by atoms with E-state index in [-0.39, 0.29) is 12.4 Å². The topological polar surface area (TPSA) is 99.1 Å². The van der Waals surface area contributed by atoms with Crippen LogP contribution in [0.4, 0.5) is 10.2 Å². The molecule has 0 unspecified atom stereocenters. The Labute approximate surface area is 95.1 Å². The Hall–Kier alpha value is -1.80. The van der Waals surface area contributed by atoms with E-state index in [0.717, 1.165) is 0 Å². The summed E-state index contributed by atoms with van der Waals surface area (Å²) in [6.07, 6.45) is -0.782. The Bertz CT molecular complexity index is 559. The van der Waals surface area contributed by atoms with E-state index in [0.29, 0.717) is 11.2 Å². The number of hydrogen-bond acceptors (Lipinski definition) is 6. The molecule has 0 spiro atoms. The number of rotatable bonds is 1. The zero-order chi connectivity index (χ0) is 12.0. The van der Waals surface area contributed by atoms with E-state index < -0.39 is 18.5 Å². The lowest BCUT2D eigenvalue weighted by Crippen LogP contribution is -2.25. The minimum atomic E-state index is -1.41. The summed E-state index contributed by atoms with van der Waals surface area (Å²) in [5, 5.41) is 9.63. The van der Waals surface area contributed by atoms with E-state index in [9.17, 15) is 9.50 Å². The van der Waals surface area contributed by atoms with E-state index in [4.69, 9.17) is 10.5 Å². The number of aliphatic hydroxyl groups is 1. The van der Waals surface area contributed by atoms with Crippen LogP contribution in [0.15, 0.2) is 12.7 Å². The lowest BCUT2D eigenvalue weighted by Gasteiger charge is -2.15. The van der Waals surface area contributed by atoms with Gasteiger partial charge in [0.1, 0.15) is 17.9 Å². The number of fused-ring (bicyclic) bond motifs is 1. The molecule has 17 heavy (non-hydrogen) atoms. The van der Waals surface area contributed by atoms with Gasteiger partial charge >= 0.3 is 0 Å². The number of halogens is 1. The van der Waals surface area contributed by atoms with Crippen molar-refractivity contribution >= 4 is 17.0 Å². The Morgan fingerprint density at radius 3 is 3.00 bits per heavy atom. The molecular formula is C9H10FN5O2. The third-order valence-corrected chi connectivity index (χ3v) is 2.75. The summed E-state index contributed by atoms with van der Waals surface area (Å²) >= 11 is 0. The van der Waals surface area contributed by atoms with E-state index in [1.807, 2.05) is 0 Å². The van der Waals surface area contributed by atoms with Crippen molar-refractivity contribution in [3.63, 3.8) is 0 Å². The Morgan fingerprint density at radius 2 is 2.29 bits per heavy atom. The van der Waals surface area contributed by atoms with Gasteiger partial charge in [0.05, 0.1) is 12.9 Å². The standard InChI is InChI=1S/C9H10FN5O2/c10-4-1-17-9(6(4)16)15-3-14-5-7(11)12-2-13-8(5)15/h2-4,6,9,16H,1H2,(H2,11,12,13)/t4-,6-,9-/m1/s1. The largest absolute Gasteiger partial charge is 0.385 e. The number of nitrogens with two attached hydrogens (primary N) is 1. The van der Waals surface area contributed by atoms with Gasteiger partial charge in [0, 0.05) is 0 Å². The summed E-state index contributed by atoms with van der Waals surface area (Å²) in [7, 11) is 0. The molecule has 1 fully saturated rings. The Balaban J connectivity index is 2.10. The van der Waals surface area contributed by atoms with E-state index >= 15 is 0 Å². The van der Waals surface area contributed by atoms with Crippen molar-refractivity contribution in [2.24, 2.45) is 0 Å². The van der Waals surface area contributed by atoms with Gasteiger partial charge in [-0.2, -0.15) is 0 Å². The van der Waals surface area contributed by atoms with Gasteiger partial charge in [-0.05, 0) is 0 Å². The molecule has 3 heterocycles. The number of aliphatic hydroxyl groups excluding tert-OH is 1. The van der Waals surface area contributed by atoms with Crippen LogP contribution in [-0.4, -0.2) is 43.5 Å². The summed E-state index contributed by atoms with van der Waals surface area (Å²) in [5.41, 5.74) is 6.45. The van der Waals surface area contributed by atoms with Gasteiger partial charge in [-0.1, -0.05) is 0 Å². The third kappa shape index (κ3) is 1.45. The Kier molecular flexibility index (Phi) is 2.20. The first-order valence-electron chi connectivity index (χ1n) is 5.05. The van der Waals surface area contributed by atoms with Crippen molar-refractivity contribution in [3.8, 4) is 0 Å². The average molecular weight is 239 g/mol. The highest BCUT2D eigenvalue weighted by Gasteiger charge is 2.38. The molecule has 2 aromatic heterocycles. The average Bonchev–Trinajstić information content (AvgIpc) is 2.86. The lowest BCUT2D eigenvalue weighted by atomic mass is 10.2. The second-order valence-electron chi connectivity index (χ2n) is 3.81. The maximum Gasteiger partial charge on any atom is 0.167 e. The highest BCUT2D eigenvalue weighted by atomic mass is 19.1. The number of nitrogen functional groups attached to an aromatic ring is 1. The molecule has 0 aromatic carbocycles. The number of alkyl halides is 1. The molecule has 0 saturated carbocycles. The van der Waals surface area contributed by atoms with Gasteiger partial charge in [0.25, 0.3) is 0 Å². The zero-order valence-corrected chi connectivity index (χ0v) is 8.69. The SMILES string of the molecule is Nc1ncnc2c1ncn2[C@@H]1OC[C@@H](F)[C@H]1O. The molecule has 0 radical (unpaired) electrons. The molecule has 3 N–H and O–H groups in total. The van der Waals surface area contributed by atoms with Crippen LogP contribution in [0.3, 0.4) is 0 Å². The summed E-state index contributed by atoms with van der Waals surface area (Å²) in [5.74, 6) is 0.234. The van der Waals surface area contributed by atoms with E-state index in [1.54, 1.807) is 0 Å². The second-order valence-corrected chi connectivity index (χ2v) is 3.81. The van der Waals surface area contributed by atoms with Crippen LogP contribution in [0.5, 0.6) is 0 Å². The molecule has 0 amide bonds. The zero-order valence-electron chi connectivity index (χ0n) is 8.69. The minimum absolute atomic E-state index is 0.147. The molecule has 3 atom stereocenters. The number of aromatic nitrogens is 4. The van der Waals surface area contributed by atoms with Crippen LogP contribution in [0.25, 0.3) is 11.2 Å². The van der Waals surface area contributed by atoms with Crippen molar-refractivity contribution in [3.05, 3.63) is 12.7 Å². The van der Waals surface area contributed by atoms with Crippen molar-refractivity contribution in [1.82, 2.24) is 19.5 Å². The summed E-state index contributed by atoms with van der Waals surface area (Å²) < 4.78 is 19.8. The van der Waals surface area contributed by atoms with Crippen LogP contribution in [-0.2, 0) is 4.74 Å². The second kappa shape index (κ2) is 3.60. The molecule has 3 rings (SSSR count). The van der Waals surface area contributed by atoms with Gasteiger partial charge in [0.15, 0.2) is 23.9 Å². The molecule has 0 bridgehead atoms. The van der Waals surface area contributed by atoms with Crippen molar-refractivity contribution in [2.75, 3.05) is 12.3 Å². The first kappa shape index (κ1) is 10.4. The van der Waals surface area contributed by atoms with Crippen LogP contribution in [0, 0.1) is 0 Å². The van der Waals surface area contributed by atoms with Gasteiger partial charge in [0.2, 0.25) is 0 Å². The van der Waals surface area contributed by atoms with Crippen molar-refractivity contribution in [2.45, 2.75) is 18.5 Å². The van der Waals surface area contributed by atoms with Gasteiger partial charge in [-0.15, -0.1) is 0 Å². The number of imidazole rings is 1. The number of anilines is 1. The molecule has 1 aliphatic heterocycles. The lowest BCUT2D eigenvalue weighted by molar-refractivity contribution is -0.0103. The van der Waals surface area contributed by atoms with Crippen LogP contribution in [0.2, 0.25) is 0 Å². The minimum Gasteiger partial charge on any atom is -0.385 e. The van der Waals surface area contributed by atoms with Gasteiger partial charge in [-0.3, -0.25) is 4.57 Å². The van der Waals surface area contributed by atoms with E-state index in [1.165, 1.54) is 17.2 Å². The number of hydrogen-bond donors (Lipinski definition) is 2. The summed E-state index contributed by atoms with van der Waals surface area (Å²) in [6.45, 7) is -0.147. The maximum atomic E-state index is 13.2. The molecule has 1 aliphatic rings. The predicted octanol–water partition coefficient (Wildman–Crippen LogP) is -0.364. The molecule has 90 valence electrons.